The van der Waals surface area contributed by atoms with E-state index in [-0.39, 0.29) is 12.5 Å². The smallest absolute Gasteiger partial charge is 0.308 e. The van der Waals surface area contributed by atoms with Crippen LogP contribution >= 0.6 is 0 Å². The van der Waals surface area contributed by atoms with E-state index in [4.69, 9.17) is 5.11 Å². The number of carboxylic acids is 1. The fraction of sp³-hybridized carbons (Fsp3) is 0.364. The highest BCUT2D eigenvalue weighted by atomic mass is 16.4. The van der Waals surface area contributed by atoms with E-state index in [1.807, 2.05) is 0 Å². The molecule has 5 heteroatoms. The molecule has 1 aromatic heterocycles. The van der Waals surface area contributed by atoms with Gasteiger partial charge in [-0.2, -0.15) is 0 Å². The molecular weight excluding hydrogens is 208 g/mol. The van der Waals surface area contributed by atoms with E-state index in [1.165, 1.54) is 6.92 Å². The van der Waals surface area contributed by atoms with E-state index in [9.17, 15) is 9.59 Å². The van der Waals surface area contributed by atoms with Gasteiger partial charge in [0.05, 0.1) is 5.92 Å². The molecule has 0 aliphatic rings. The first-order valence-corrected chi connectivity index (χ1v) is 4.95. The number of hydrogen-bond donors (Lipinski definition) is 2. The summed E-state index contributed by atoms with van der Waals surface area (Å²) < 4.78 is 0. The number of carboxylic acid groups (broad SMARTS) is 1. The monoisotopic (exact) mass is 222 g/mol. The fourth-order valence-electron chi connectivity index (χ4n) is 1.09. The van der Waals surface area contributed by atoms with Crippen molar-refractivity contribution in [2.75, 3.05) is 6.54 Å². The van der Waals surface area contributed by atoms with Crippen molar-refractivity contribution in [3.63, 3.8) is 0 Å². The molecule has 1 rings (SSSR count). The lowest BCUT2D eigenvalue weighted by molar-refractivity contribution is -0.140. The maximum atomic E-state index is 11.6. The summed E-state index contributed by atoms with van der Waals surface area (Å²) in [7, 11) is 0. The van der Waals surface area contributed by atoms with Crippen molar-refractivity contribution in [2.24, 2.45) is 5.92 Å². The number of carbonyl (C=O) groups excluding carboxylic acids is 1. The van der Waals surface area contributed by atoms with E-state index in [2.05, 4.69) is 10.3 Å². The summed E-state index contributed by atoms with van der Waals surface area (Å²) in [6.45, 7) is 3.42. The summed E-state index contributed by atoms with van der Waals surface area (Å²) in [4.78, 5) is 26.1. The molecule has 1 amide bonds. The predicted molar refractivity (Wildman–Crippen MR) is 58.1 cm³/mol. The zero-order chi connectivity index (χ0) is 12.1. The van der Waals surface area contributed by atoms with Crippen LogP contribution in [0.3, 0.4) is 0 Å². The first kappa shape index (κ1) is 12.2. The number of carbonyl (C=O) groups is 2. The molecule has 1 heterocycles. The van der Waals surface area contributed by atoms with E-state index in [1.54, 1.807) is 25.1 Å². The van der Waals surface area contributed by atoms with Crippen LogP contribution in [0, 0.1) is 12.8 Å². The Morgan fingerprint density at radius 2 is 2.19 bits per heavy atom. The van der Waals surface area contributed by atoms with Gasteiger partial charge in [-0.25, -0.2) is 4.98 Å². The lowest BCUT2D eigenvalue weighted by atomic mass is 10.2. The Hall–Kier alpha value is -1.91. The first-order chi connectivity index (χ1) is 7.50. The molecule has 0 spiro atoms. The number of rotatable bonds is 4. The molecule has 0 radical (unpaired) electrons. The van der Waals surface area contributed by atoms with Gasteiger partial charge in [0.2, 0.25) is 0 Å². The van der Waals surface area contributed by atoms with Crippen molar-refractivity contribution in [1.29, 1.82) is 0 Å². The second kappa shape index (κ2) is 5.25. The number of hydrogen-bond acceptors (Lipinski definition) is 3. The molecule has 0 saturated heterocycles. The number of nitrogens with zero attached hydrogens (tertiary/aromatic N) is 1. The van der Waals surface area contributed by atoms with Crippen LogP contribution in [0.25, 0.3) is 0 Å². The van der Waals surface area contributed by atoms with Crippen molar-refractivity contribution in [2.45, 2.75) is 13.8 Å². The largest absolute Gasteiger partial charge is 0.481 e. The van der Waals surface area contributed by atoms with Gasteiger partial charge in [0, 0.05) is 12.2 Å². The maximum absolute atomic E-state index is 11.6. The SMILES string of the molecule is Cc1cccc(C(=O)NC[C@H](C)C(=O)O)n1. The van der Waals surface area contributed by atoms with Gasteiger partial charge in [0.25, 0.3) is 5.91 Å². The van der Waals surface area contributed by atoms with Crippen molar-refractivity contribution >= 4 is 11.9 Å². The van der Waals surface area contributed by atoms with Gasteiger partial charge in [0.1, 0.15) is 5.69 Å². The zero-order valence-corrected chi connectivity index (χ0v) is 9.23. The highest BCUT2D eigenvalue weighted by Crippen LogP contribution is 1.99. The van der Waals surface area contributed by atoms with Crippen LogP contribution in [0.2, 0.25) is 0 Å². The highest BCUT2D eigenvalue weighted by molar-refractivity contribution is 5.92. The van der Waals surface area contributed by atoms with Gasteiger partial charge in [-0.15, -0.1) is 0 Å². The van der Waals surface area contributed by atoms with Crippen LogP contribution in [-0.2, 0) is 4.79 Å². The van der Waals surface area contributed by atoms with Crippen LogP contribution in [0.4, 0.5) is 0 Å². The molecule has 5 nitrogen and oxygen atoms in total. The molecule has 2 N–H and O–H groups in total. The van der Waals surface area contributed by atoms with Crippen molar-refractivity contribution in [3.05, 3.63) is 29.6 Å². The Morgan fingerprint density at radius 3 is 2.75 bits per heavy atom. The maximum Gasteiger partial charge on any atom is 0.308 e. The van der Waals surface area contributed by atoms with Gasteiger partial charge < -0.3 is 10.4 Å². The van der Waals surface area contributed by atoms with Crippen molar-refractivity contribution < 1.29 is 14.7 Å². The van der Waals surface area contributed by atoms with Crippen LogP contribution in [0.15, 0.2) is 18.2 Å². The minimum Gasteiger partial charge on any atom is -0.481 e. The molecule has 0 unspecified atom stereocenters. The molecule has 16 heavy (non-hydrogen) atoms. The van der Waals surface area contributed by atoms with Gasteiger partial charge in [0.15, 0.2) is 0 Å². The normalized spacial score (nSPS) is 11.9. The first-order valence-electron chi connectivity index (χ1n) is 4.95. The van der Waals surface area contributed by atoms with Crippen molar-refractivity contribution in [1.82, 2.24) is 10.3 Å². The molecule has 0 saturated carbocycles. The number of pyridine rings is 1. The van der Waals surface area contributed by atoms with Crippen LogP contribution < -0.4 is 5.32 Å². The fourth-order valence-corrected chi connectivity index (χ4v) is 1.09. The number of nitrogens with one attached hydrogen (secondary N) is 1. The van der Waals surface area contributed by atoms with Crippen LogP contribution in [0.5, 0.6) is 0 Å². The van der Waals surface area contributed by atoms with Gasteiger partial charge in [-0.05, 0) is 19.1 Å². The standard InChI is InChI=1S/C11H14N2O3/c1-7(11(15)16)6-12-10(14)9-5-3-4-8(2)13-9/h3-5,7H,6H2,1-2H3,(H,12,14)(H,15,16)/t7-/m0/s1. The topological polar surface area (TPSA) is 79.3 Å². The van der Waals surface area contributed by atoms with E-state index in [0.717, 1.165) is 5.69 Å². The quantitative estimate of drug-likeness (QED) is 0.791. The third kappa shape index (κ3) is 3.34. The third-order valence-electron chi connectivity index (χ3n) is 2.11. The average Bonchev–Trinajstić information content (AvgIpc) is 2.25. The number of aromatic nitrogens is 1. The second-order valence-electron chi connectivity index (χ2n) is 3.61. The molecule has 86 valence electrons. The number of aryl methyl sites for hydroxylation is 1. The third-order valence-corrected chi connectivity index (χ3v) is 2.11. The molecule has 0 aliphatic heterocycles. The molecule has 1 aromatic rings. The average molecular weight is 222 g/mol. The van der Waals surface area contributed by atoms with Crippen molar-refractivity contribution in [3.8, 4) is 0 Å². The van der Waals surface area contributed by atoms with Gasteiger partial charge in [-0.3, -0.25) is 9.59 Å². The molecule has 1 atom stereocenters. The number of aliphatic carboxylic acids is 1. The van der Waals surface area contributed by atoms with Gasteiger partial charge >= 0.3 is 5.97 Å². The minimum atomic E-state index is -0.933. The molecular formula is C11H14N2O3. The summed E-state index contributed by atoms with van der Waals surface area (Å²) in [6, 6.07) is 5.11. The van der Waals surface area contributed by atoms with Gasteiger partial charge in [-0.1, -0.05) is 13.0 Å². The Labute approximate surface area is 93.5 Å². The minimum absolute atomic E-state index is 0.101. The Bertz CT molecular complexity index is 404. The molecule has 0 bridgehead atoms. The molecule has 0 aliphatic carbocycles. The lowest BCUT2D eigenvalue weighted by Gasteiger charge is -2.08. The highest BCUT2D eigenvalue weighted by Gasteiger charge is 2.13. The van der Waals surface area contributed by atoms with E-state index < -0.39 is 11.9 Å². The van der Waals surface area contributed by atoms with Crippen LogP contribution in [0.1, 0.15) is 23.1 Å². The number of amides is 1. The summed E-state index contributed by atoms with van der Waals surface area (Å²) in [5.74, 6) is -1.89. The molecule has 0 fully saturated rings. The Morgan fingerprint density at radius 1 is 1.50 bits per heavy atom. The summed E-state index contributed by atoms with van der Waals surface area (Å²) in [5, 5.41) is 11.2. The predicted octanol–water partition coefficient (Wildman–Crippen LogP) is 0.841. The lowest BCUT2D eigenvalue weighted by Crippen LogP contribution is -2.32. The molecule has 0 aromatic carbocycles. The van der Waals surface area contributed by atoms with E-state index in [0.29, 0.717) is 5.69 Å². The second-order valence-corrected chi connectivity index (χ2v) is 3.61. The Kier molecular flexibility index (Phi) is 3.99. The van der Waals surface area contributed by atoms with E-state index >= 15 is 0 Å². The summed E-state index contributed by atoms with van der Waals surface area (Å²) in [5.41, 5.74) is 1.05. The zero-order valence-electron chi connectivity index (χ0n) is 9.23. The summed E-state index contributed by atoms with van der Waals surface area (Å²) >= 11 is 0. The van der Waals surface area contributed by atoms with Crippen LogP contribution in [-0.4, -0.2) is 28.5 Å². The summed E-state index contributed by atoms with van der Waals surface area (Å²) in [6.07, 6.45) is 0. The Balaban J connectivity index is 2.56.